The molecule has 1 aliphatic heterocycles. The Hall–Kier alpha value is -2.56. The van der Waals surface area contributed by atoms with Gasteiger partial charge < -0.3 is 5.32 Å². The molecule has 32 heavy (non-hydrogen) atoms. The van der Waals surface area contributed by atoms with Crippen molar-refractivity contribution in [3.05, 3.63) is 57.9 Å². The van der Waals surface area contributed by atoms with E-state index in [-0.39, 0.29) is 28.6 Å². The third-order valence-corrected chi connectivity index (χ3v) is 8.37. The molecule has 0 saturated carbocycles. The Labute approximate surface area is 189 Å². The largest absolute Gasteiger partial charge is 0.326 e. The number of benzene rings is 2. The number of nitrogens with one attached hydrogen (secondary N) is 1. The number of carbonyl (C=O) groups excluding carboxylic acids is 1. The highest BCUT2D eigenvalue weighted by Crippen LogP contribution is 2.26. The first kappa shape index (κ1) is 22.6. The number of aryl methyl sites for hydroxylation is 1. The standard InChI is InChI=1S/C22H24FN3O4S2/c23-16-5-7-17(8-6-16)24-21(27)11-14-26-19-10-9-18(15-20(19)31-22(26)28)32(29,30)25-12-3-1-2-4-13-25/h5-10,15H,1-4,11-14H2,(H,24,27). The predicted octanol–water partition coefficient (Wildman–Crippen LogP) is 3.80. The molecule has 1 aliphatic rings. The van der Waals surface area contributed by atoms with Crippen molar-refractivity contribution in [2.75, 3.05) is 18.4 Å². The van der Waals surface area contributed by atoms with Crippen molar-refractivity contribution in [2.45, 2.75) is 43.5 Å². The first-order valence-electron chi connectivity index (χ1n) is 10.5. The van der Waals surface area contributed by atoms with Gasteiger partial charge >= 0.3 is 4.87 Å². The van der Waals surface area contributed by atoms with Crippen LogP contribution in [0.2, 0.25) is 0 Å². The lowest BCUT2D eigenvalue weighted by molar-refractivity contribution is -0.116. The SMILES string of the molecule is O=C(CCn1c(=O)sc2cc(S(=O)(=O)N3CCCCCC3)ccc21)Nc1ccc(F)cc1. The van der Waals surface area contributed by atoms with Gasteiger partial charge in [0.2, 0.25) is 15.9 Å². The molecule has 0 unspecified atom stereocenters. The van der Waals surface area contributed by atoms with Crippen molar-refractivity contribution in [1.82, 2.24) is 8.87 Å². The summed E-state index contributed by atoms with van der Waals surface area (Å²) in [7, 11) is -3.61. The molecular formula is C22H24FN3O4S2. The number of hydrogen-bond acceptors (Lipinski definition) is 5. The van der Waals surface area contributed by atoms with Crippen LogP contribution < -0.4 is 10.2 Å². The number of sulfonamides is 1. The van der Waals surface area contributed by atoms with Crippen LogP contribution in [0.4, 0.5) is 10.1 Å². The fourth-order valence-corrected chi connectivity index (χ4v) is 6.40. The van der Waals surface area contributed by atoms with Crippen molar-refractivity contribution in [2.24, 2.45) is 0 Å². The van der Waals surface area contributed by atoms with Gasteiger partial charge in [-0.2, -0.15) is 4.31 Å². The lowest BCUT2D eigenvalue weighted by atomic mass is 10.2. The second-order valence-electron chi connectivity index (χ2n) is 7.77. The van der Waals surface area contributed by atoms with E-state index in [1.807, 2.05) is 0 Å². The minimum Gasteiger partial charge on any atom is -0.326 e. The number of carbonyl (C=O) groups is 1. The highest BCUT2D eigenvalue weighted by atomic mass is 32.2. The van der Waals surface area contributed by atoms with Gasteiger partial charge in [0.25, 0.3) is 0 Å². The third kappa shape index (κ3) is 4.92. The maximum atomic E-state index is 13.1. The summed E-state index contributed by atoms with van der Waals surface area (Å²) in [6, 6.07) is 10.2. The molecule has 170 valence electrons. The average Bonchev–Trinajstić information content (AvgIpc) is 2.93. The Morgan fingerprint density at radius 1 is 1.03 bits per heavy atom. The van der Waals surface area contributed by atoms with E-state index in [2.05, 4.69) is 5.32 Å². The summed E-state index contributed by atoms with van der Waals surface area (Å²) < 4.78 is 42.7. The Morgan fingerprint density at radius 3 is 2.41 bits per heavy atom. The quantitative estimate of drug-likeness (QED) is 0.585. The summed E-state index contributed by atoms with van der Waals surface area (Å²) in [5.41, 5.74) is 1.08. The van der Waals surface area contributed by atoms with E-state index in [9.17, 15) is 22.4 Å². The van der Waals surface area contributed by atoms with Gasteiger partial charge in [-0.25, -0.2) is 12.8 Å². The molecule has 10 heteroatoms. The minimum absolute atomic E-state index is 0.0525. The van der Waals surface area contributed by atoms with Gasteiger partial charge in [-0.3, -0.25) is 14.2 Å². The molecule has 7 nitrogen and oxygen atoms in total. The maximum absolute atomic E-state index is 13.1. The molecule has 1 aromatic heterocycles. The van der Waals surface area contributed by atoms with Crippen LogP contribution in [0.1, 0.15) is 32.1 Å². The van der Waals surface area contributed by atoms with Crippen LogP contribution in [-0.2, 0) is 21.4 Å². The van der Waals surface area contributed by atoms with E-state index in [4.69, 9.17) is 0 Å². The zero-order valence-corrected chi connectivity index (χ0v) is 19.1. The van der Waals surface area contributed by atoms with Crippen molar-refractivity contribution in [3.8, 4) is 0 Å². The van der Waals surface area contributed by atoms with Crippen LogP contribution in [0.15, 0.2) is 52.2 Å². The molecule has 0 aliphatic carbocycles. The smallest absolute Gasteiger partial charge is 0.308 e. The van der Waals surface area contributed by atoms with Crippen LogP contribution in [0, 0.1) is 5.82 Å². The number of aromatic nitrogens is 1. The summed E-state index contributed by atoms with van der Waals surface area (Å²) in [6.07, 6.45) is 3.82. The first-order chi connectivity index (χ1) is 15.3. The van der Waals surface area contributed by atoms with Gasteiger partial charge in [0.1, 0.15) is 5.82 Å². The normalized spacial score (nSPS) is 15.5. The van der Waals surface area contributed by atoms with Gasteiger partial charge in [0.15, 0.2) is 0 Å². The molecule has 0 atom stereocenters. The van der Waals surface area contributed by atoms with Crippen LogP contribution >= 0.6 is 11.3 Å². The van der Waals surface area contributed by atoms with E-state index in [1.54, 1.807) is 12.1 Å². The van der Waals surface area contributed by atoms with Crippen molar-refractivity contribution < 1.29 is 17.6 Å². The first-order valence-corrected chi connectivity index (χ1v) is 12.8. The fraction of sp³-hybridized carbons (Fsp3) is 0.364. The second kappa shape index (κ2) is 9.51. The van der Waals surface area contributed by atoms with Gasteiger partial charge in [0, 0.05) is 31.7 Å². The lowest BCUT2D eigenvalue weighted by Crippen LogP contribution is -2.31. The van der Waals surface area contributed by atoms with Gasteiger partial charge in [0.05, 0.1) is 15.1 Å². The number of amides is 1. The zero-order chi connectivity index (χ0) is 22.7. The Kier molecular flexibility index (Phi) is 6.73. The van der Waals surface area contributed by atoms with Crippen LogP contribution in [0.3, 0.4) is 0 Å². The Balaban J connectivity index is 1.50. The maximum Gasteiger partial charge on any atom is 0.308 e. The molecule has 0 radical (unpaired) electrons. The van der Waals surface area contributed by atoms with Crippen molar-refractivity contribution >= 4 is 43.2 Å². The number of halogens is 1. The fourth-order valence-electron chi connectivity index (χ4n) is 3.82. The van der Waals surface area contributed by atoms with E-state index >= 15 is 0 Å². The molecule has 1 N–H and O–H groups in total. The molecule has 4 rings (SSSR count). The predicted molar refractivity (Wildman–Crippen MR) is 123 cm³/mol. The van der Waals surface area contributed by atoms with Crippen molar-refractivity contribution in [1.29, 1.82) is 0 Å². The molecular weight excluding hydrogens is 453 g/mol. The molecule has 1 saturated heterocycles. The molecule has 1 fully saturated rings. The van der Waals surface area contributed by atoms with Gasteiger partial charge in [-0.1, -0.05) is 24.2 Å². The zero-order valence-electron chi connectivity index (χ0n) is 17.4. The number of anilines is 1. The Bertz CT molecular complexity index is 1270. The lowest BCUT2D eigenvalue weighted by Gasteiger charge is -2.19. The molecule has 2 heterocycles. The molecule has 2 aromatic carbocycles. The van der Waals surface area contributed by atoms with E-state index in [1.165, 1.54) is 39.2 Å². The van der Waals surface area contributed by atoms with Crippen LogP contribution in [-0.4, -0.2) is 36.3 Å². The summed E-state index contributed by atoms with van der Waals surface area (Å²) in [5.74, 6) is -0.695. The van der Waals surface area contributed by atoms with Gasteiger partial charge in [-0.15, -0.1) is 0 Å². The minimum atomic E-state index is -3.61. The number of fused-ring (bicyclic) bond motifs is 1. The average molecular weight is 478 g/mol. The summed E-state index contributed by atoms with van der Waals surface area (Å²) >= 11 is 0.968. The van der Waals surface area contributed by atoms with Crippen LogP contribution in [0.5, 0.6) is 0 Å². The molecule has 0 spiro atoms. The van der Waals surface area contributed by atoms with Crippen LogP contribution in [0.25, 0.3) is 10.2 Å². The Morgan fingerprint density at radius 2 is 1.72 bits per heavy atom. The number of rotatable bonds is 6. The highest BCUT2D eigenvalue weighted by molar-refractivity contribution is 7.89. The molecule has 3 aromatic rings. The highest BCUT2D eigenvalue weighted by Gasteiger charge is 2.26. The number of thiazole rings is 1. The van der Waals surface area contributed by atoms with E-state index in [0.29, 0.717) is 29.0 Å². The molecule has 0 bridgehead atoms. The topological polar surface area (TPSA) is 88.5 Å². The van der Waals surface area contributed by atoms with E-state index < -0.39 is 15.8 Å². The third-order valence-electron chi connectivity index (χ3n) is 5.53. The number of nitrogens with zero attached hydrogens (tertiary/aromatic N) is 2. The summed E-state index contributed by atoms with van der Waals surface area (Å²) in [4.78, 5) is 24.7. The van der Waals surface area contributed by atoms with Gasteiger partial charge in [-0.05, 0) is 55.3 Å². The summed E-state index contributed by atoms with van der Waals surface area (Å²) in [6.45, 7) is 1.19. The molecule has 1 amide bonds. The monoisotopic (exact) mass is 477 g/mol. The van der Waals surface area contributed by atoms with E-state index in [0.717, 1.165) is 37.0 Å². The number of hydrogen-bond donors (Lipinski definition) is 1. The van der Waals surface area contributed by atoms with Crippen molar-refractivity contribution in [3.63, 3.8) is 0 Å². The summed E-state index contributed by atoms with van der Waals surface area (Å²) in [5, 5.41) is 2.67. The second-order valence-corrected chi connectivity index (χ2v) is 10.7.